The van der Waals surface area contributed by atoms with Gasteiger partial charge in [0.25, 0.3) is 16.8 Å². The molecule has 0 bridgehead atoms. The highest BCUT2D eigenvalue weighted by Crippen LogP contribution is 2.38. The molecule has 11 heteroatoms. The van der Waals surface area contributed by atoms with Gasteiger partial charge < -0.3 is 9.47 Å². The van der Waals surface area contributed by atoms with E-state index in [1.54, 1.807) is 55.5 Å². The Morgan fingerprint density at radius 2 is 1.97 bits per heavy atom. The monoisotopic (exact) mass is 497 g/mol. The fourth-order valence-electron chi connectivity index (χ4n) is 3.08. The zero-order valence-corrected chi connectivity index (χ0v) is 19.2. The second-order valence-electron chi connectivity index (χ2n) is 6.85. The van der Waals surface area contributed by atoms with Crippen molar-refractivity contribution in [2.45, 2.75) is 6.92 Å². The van der Waals surface area contributed by atoms with Crippen molar-refractivity contribution in [3.8, 4) is 17.4 Å². The standard InChI is InChI=1S/C23H16ClN3O6S/c1-2-32-19-10-14(6-8-18(19)33-21-9-7-17(13-25-21)27(30)31)11-20-22(28)26(23(29)34-20)16-5-3-4-15(24)12-16/h3-13H,2H2,1H3/b20-11+. The number of amides is 2. The van der Waals surface area contributed by atoms with Crippen molar-refractivity contribution < 1.29 is 24.0 Å². The van der Waals surface area contributed by atoms with E-state index < -0.39 is 16.1 Å². The molecule has 4 rings (SSSR count). The third-order valence-corrected chi connectivity index (χ3v) is 5.68. The molecule has 9 nitrogen and oxygen atoms in total. The highest BCUT2D eigenvalue weighted by molar-refractivity contribution is 8.19. The molecule has 0 N–H and O–H groups in total. The van der Waals surface area contributed by atoms with Gasteiger partial charge in [0.2, 0.25) is 5.88 Å². The molecule has 2 aromatic carbocycles. The van der Waals surface area contributed by atoms with E-state index in [4.69, 9.17) is 21.1 Å². The topological polar surface area (TPSA) is 112 Å². The maximum absolute atomic E-state index is 12.9. The summed E-state index contributed by atoms with van der Waals surface area (Å²) in [5.41, 5.74) is 0.858. The second-order valence-corrected chi connectivity index (χ2v) is 8.28. The molecule has 34 heavy (non-hydrogen) atoms. The smallest absolute Gasteiger partial charge is 0.298 e. The molecule has 0 aliphatic carbocycles. The van der Waals surface area contributed by atoms with Crippen molar-refractivity contribution in [3.05, 3.63) is 86.4 Å². The number of halogens is 1. The molecule has 2 heterocycles. The molecule has 0 atom stereocenters. The highest BCUT2D eigenvalue weighted by Gasteiger charge is 2.36. The van der Waals surface area contributed by atoms with Crippen LogP contribution >= 0.6 is 23.4 Å². The Morgan fingerprint density at radius 1 is 1.15 bits per heavy atom. The van der Waals surface area contributed by atoms with Crippen LogP contribution in [0.4, 0.5) is 16.2 Å². The molecule has 172 valence electrons. The summed E-state index contributed by atoms with van der Waals surface area (Å²) in [6.45, 7) is 2.15. The molecule has 1 aliphatic heterocycles. The number of carbonyl (C=O) groups excluding carboxylic acids is 2. The van der Waals surface area contributed by atoms with Gasteiger partial charge in [-0.05, 0) is 60.7 Å². The number of anilines is 1. The maximum Gasteiger partial charge on any atom is 0.298 e. The van der Waals surface area contributed by atoms with Crippen LogP contribution in [0.15, 0.2) is 65.7 Å². The predicted octanol–water partition coefficient (Wildman–Crippen LogP) is 6.08. The van der Waals surface area contributed by atoms with Crippen LogP contribution in [0.1, 0.15) is 12.5 Å². The first-order valence-corrected chi connectivity index (χ1v) is 11.1. The van der Waals surface area contributed by atoms with Crippen molar-refractivity contribution >= 4 is 52.0 Å². The summed E-state index contributed by atoms with van der Waals surface area (Å²) < 4.78 is 11.4. The average Bonchev–Trinajstić information content (AvgIpc) is 3.08. The fraction of sp³-hybridized carbons (Fsp3) is 0.0870. The lowest BCUT2D eigenvalue weighted by molar-refractivity contribution is -0.385. The Labute approximate surface area is 203 Å². The predicted molar refractivity (Wildman–Crippen MR) is 128 cm³/mol. The van der Waals surface area contributed by atoms with Crippen LogP contribution in [-0.4, -0.2) is 27.7 Å². The van der Waals surface area contributed by atoms with Crippen molar-refractivity contribution in [2.75, 3.05) is 11.5 Å². The number of pyridine rings is 1. The van der Waals surface area contributed by atoms with Gasteiger partial charge in [-0.3, -0.25) is 19.7 Å². The van der Waals surface area contributed by atoms with Crippen LogP contribution in [0.5, 0.6) is 17.4 Å². The fourth-order valence-corrected chi connectivity index (χ4v) is 4.10. The van der Waals surface area contributed by atoms with Crippen LogP contribution in [-0.2, 0) is 4.79 Å². The van der Waals surface area contributed by atoms with Gasteiger partial charge in [-0.25, -0.2) is 9.88 Å². The molecule has 0 saturated carbocycles. The van der Waals surface area contributed by atoms with Gasteiger partial charge in [0, 0.05) is 17.2 Å². The summed E-state index contributed by atoms with van der Waals surface area (Å²) in [5.74, 6) is 0.422. The molecule has 0 spiro atoms. The molecule has 2 amide bonds. The number of rotatable bonds is 7. The highest BCUT2D eigenvalue weighted by atomic mass is 35.5. The number of nitro groups is 1. The van der Waals surface area contributed by atoms with E-state index in [-0.39, 0.29) is 16.5 Å². The van der Waals surface area contributed by atoms with Gasteiger partial charge in [0.1, 0.15) is 6.20 Å². The van der Waals surface area contributed by atoms with Crippen LogP contribution in [0.25, 0.3) is 6.08 Å². The molecule has 0 unspecified atom stereocenters. The minimum atomic E-state index is -0.550. The minimum Gasteiger partial charge on any atom is -0.490 e. The van der Waals surface area contributed by atoms with E-state index in [1.165, 1.54) is 12.1 Å². The zero-order valence-electron chi connectivity index (χ0n) is 17.6. The quantitative estimate of drug-likeness (QED) is 0.219. The molecular formula is C23H16ClN3O6S. The normalized spacial score (nSPS) is 14.5. The maximum atomic E-state index is 12.9. The van der Waals surface area contributed by atoms with Crippen LogP contribution in [0.3, 0.4) is 0 Å². The first-order valence-electron chi connectivity index (χ1n) is 9.94. The number of benzene rings is 2. The second kappa shape index (κ2) is 9.94. The lowest BCUT2D eigenvalue weighted by Crippen LogP contribution is -2.27. The number of nitrogens with zero attached hydrogens (tertiary/aromatic N) is 3. The Morgan fingerprint density at radius 3 is 2.65 bits per heavy atom. The first kappa shape index (κ1) is 23.3. The summed E-state index contributed by atoms with van der Waals surface area (Å²) in [6, 6.07) is 14.2. The summed E-state index contributed by atoms with van der Waals surface area (Å²) >= 11 is 6.82. The van der Waals surface area contributed by atoms with Crippen LogP contribution in [0.2, 0.25) is 5.02 Å². The molecule has 1 saturated heterocycles. The van der Waals surface area contributed by atoms with Gasteiger partial charge in [-0.2, -0.15) is 0 Å². The minimum absolute atomic E-state index is 0.153. The SMILES string of the molecule is CCOc1cc(/C=C2/SC(=O)N(c3cccc(Cl)c3)C2=O)ccc1Oc1ccc([N+](=O)[O-])cn1. The van der Waals surface area contributed by atoms with E-state index >= 15 is 0 Å². The number of hydrogen-bond acceptors (Lipinski definition) is 8. The van der Waals surface area contributed by atoms with Crippen molar-refractivity contribution in [2.24, 2.45) is 0 Å². The van der Waals surface area contributed by atoms with Gasteiger partial charge in [0.05, 0.1) is 22.1 Å². The molecule has 1 fully saturated rings. The Bertz CT molecular complexity index is 1310. The number of thioether (sulfide) groups is 1. The third-order valence-electron chi connectivity index (χ3n) is 4.57. The average molecular weight is 498 g/mol. The molecule has 1 aliphatic rings. The van der Waals surface area contributed by atoms with Crippen molar-refractivity contribution in [1.29, 1.82) is 0 Å². The van der Waals surface area contributed by atoms with Gasteiger partial charge >= 0.3 is 0 Å². The number of imide groups is 1. The Hall–Kier alpha value is -3.89. The first-order chi connectivity index (χ1) is 16.4. The van der Waals surface area contributed by atoms with Gasteiger partial charge in [-0.15, -0.1) is 0 Å². The van der Waals surface area contributed by atoms with E-state index in [2.05, 4.69) is 4.98 Å². The third kappa shape index (κ3) is 5.03. The lowest BCUT2D eigenvalue weighted by Gasteiger charge is -2.13. The zero-order chi connectivity index (χ0) is 24.2. The van der Waals surface area contributed by atoms with Crippen LogP contribution < -0.4 is 14.4 Å². The Balaban J connectivity index is 1.59. The number of aromatic nitrogens is 1. The number of ether oxygens (including phenoxy) is 2. The summed E-state index contributed by atoms with van der Waals surface area (Å²) in [4.78, 5) is 40.9. The number of hydrogen-bond donors (Lipinski definition) is 0. The number of carbonyl (C=O) groups is 2. The van der Waals surface area contributed by atoms with E-state index in [1.807, 2.05) is 0 Å². The van der Waals surface area contributed by atoms with Crippen molar-refractivity contribution in [3.63, 3.8) is 0 Å². The van der Waals surface area contributed by atoms with Crippen molar-refractivity contribution in [1.82, 2.24) is 4.98 Å². The molecule has 1 aromatic heterocycles. The van der Waals surface area contributed by atoms with E-state index in [0.717, 1.165) is 22.9 Å². The largest absolute Gasteiger partial charge is 0.490 e. The summed E-state index contributed by atoms with van der Waals surface area (Å²) in [7, 11) is 0. The lowest BCUT2D eigenvalue weighted by atomic mass is 10.1. The van der Waals surface area contributed by atoms with Gasteiger partial charge in [-0.1, -0.05) is 23.7 Å². The van der Waals surface area contributed by atoms with E-state index in [9.17, 15) is 19.7 Å². The molecule has 0 radical (unpaired) electrons. The summed E-state index contributed by atoms with van der Waals surface area (Å²) in [6.07, 6.45) is 2.69. The Kier molecular flexibility index (Phi) is 6.80. The summed E-state index contributed by atoms with van der Waals surface area (Å²) in [5, 5.41) is 10.8. The van der Waals surface area contributed by atoms with Crippen LogP contribution in [0, 0.1) is 10.1 Å². The molecular weight excluding hydrogens is 482 g/mol. The molecule has 3 aromatic rings. The van der Waals surface area contributed by atoms with Gasteiger partial charge in [0.15, 0.2) is 11.5 Å². The van der Waals surface area contributed by atoms with E-state index in [0.29, 0.717) is 34.4 Å².